The highest BCUT2D eigenvalue weighted by atomic mass is 15.3. The van der Waals surface area contributed by atoms with E-state index >= 15 is 0 Å². The molecule has 0 saturated carbocycles. The Hall–Kier alpha value is -5.92. The monoisotopic (exact) mass is 610 g/mol. The summed E-state index contributed by atoms with van der Waals surface area (Å²) in [5.74, 6) is 2.25. The van der Waals surface area contributed by atoms with Crippen LogP contribution in [0.25, 0.3) is 50.3 Å². The van der Waals surface area contributed by atoms with Crippen LogP contribution in [0.2, 0.25) is 0 Å². The van der Waals surface area contributed by atoms with Gasteiger partial charge in [0.15, 0.2) is 0 Å². The zero-order valence-electron chi connectivity index (χ0n) is 27.4. The molecule has 4 heteroatoms. The van der Waals surface area contributed by atoms with Crippen molar-refractivity contribution in [1.29, 1.82) is 0 Å². The Kier molecular flexibility index (Phi) is 9.27. The number of hydrogen-bond donors (Lipinski definition) is 0. The summed E-state index contributed by atoms with van der Waals surface area (Å²) in [6.07, 6.45) is 10.9. The molecular weight excluding hydrogens is 573 g/mol. The first-order valence-electron chi connectivity index (χ1n) is 16.1. The molecule has 0 spiro atoms. The molecule has 47 heavy (non-hydrogen) atoms. The fourth-order valence-corrected chi connectivity index (χ4v) is 6.33. The van der Waals surface area contributed by atoms with E-state index in [4.69, 9.17) is 10.1 Å². The van der Waals surface area contributed by atoms with Crippen LogP contribution < -0.4 is 4.90 Å². The highest BCUT2D eigenvalue weighted by Crippen LogP contribution is 2.47. The minimum Gasteiger partial charge on any atom is -0.336 e. The lowest BCUT2D eigenvalue weighted by atomic mass is 9.96. The van der Waals surface area contributed by atoms with Crippen LogP contribution in [0, 0.1) is 19.3 Å². The van der Waals surface area contributed by atoms with Crippen molar-refractivity contribution in [3.63, 3.8) is 0 Å². The van der Waals surface area contributed by atoms with Crippen LogP contribution in [-0.2, 0) is 0 Å². The zero-order chi connectivity index (χ0) is 32.8. The Labute approximate surface area is 277 Å². The van der Waals surface area contributed by atoms with Gasteiger partial charge >= 0.3 is 0 Å². The Morgan fingerprint density at radius 2 is 1.47 bits per heavy atom. The molecule has 0 atom stereocenters. The number of fused-ring (bicyclic) bond motifs is 4. The van der Waals surface area contributed by atoms with Gasteiger partial charge in [-0.2, -0.15) is 5.10 Å². The van der Waals surface area contributed by atoms with Crippen molar-refractivity contribution in [1.82, 2.24) is 14.8 Å². The van der Waals surface area contributed by atoms with Gasteiger partial charge in [0.25, 0.3) is 0 Å². The van der Waals surface area contributed by atoms with Crippen LogP contribution in [-0.4, -0.2) is 21.3 Å². The number of hydrogen-bond acceptors (Lipinski definition) is 3. The number of aryl methyl sites for hydroxylation is 1. The summed E-state index contributed by atoms with van der Waals surface area (Å²) in [5, 5.41) is 8.57. The minimum atomic E-state index is 0.751. The topological polar surface area (TPSA) is 34.0 Å². The van der Waals surface area contributed by atoms with E-state index < -0.39 is 0 Å². The number of para-hydroxylation sites is 2. The Bertz CT molecular complexity index is 2220. The average molecular weight is 611 g/mol. The molecule has 0 radical (unpaired) electrons. The van der Waals surface area contributed by atoms with Crippen LogP contribution in [0.1, 0.15) is 37.5 Å². The van der Waals surface area contributed by atoms with Gasteiger partial charge in [0.2, 0.25) is 0 Å². The first kappa shape index (κ1) is 31.1. The van der Waals surface area contributed by atoms with Crippen molar-refractivity contribution in [2.75, 3.05) is 11.4 Å². The third kappa shape index (κ3) is 5.92. The molecule has 1 aliphatic heterocycles. The Morgan fingerprint density at radius 3 is 2.26 bits per heavy atom. The maximum Gasteiger partial charge on any atom is 0.0748 e. The predicted molar refractivity (Wildman–Crippen MR) is 200 cm³/mol. The molecule has 0 unspecified atom stereocenters. The molecule has 0 saturated heterocycles. The molecule has 5 aromatic carbocycles. The second kappa shape index (κ2) is 14.0. The Balaban J connectivity index is 0.000000733. The molecule has 8 rings (SSSR count). The van der Waals surface area contributed by atoms with Gasteiger partial charge in [-0.05, 0) is 89.9 Å². The van der Waals surface area contributed by atoms with Crippen molar-refractivity contribution in [2.24, 2.45) is 0 Å². The molecule has 230 valence electrons. The van der Waals surface area contributed by atoms with Crippen molar-refractivity contribution < 1.29 is 0 Å². The first-order chi connectivity index (χ1) is 23.2. The van der Waals surface area contributed by atoms with E-state index in [-0.39, 0.29) is 0 Å². The molecule has 4 nitrogen and oxygen atoms in total. The predicted octanol–water partition coefficient (Wildman–Crippen LogP) is 10.9. The lowest BCUT2D eigenvalue weighted by Crippen LogP contribution is -2.14. The summed E-state index contributed by atoms with van der Waals surface area (Å²) < 4.78 is 2.04. The lowest BCUT2D eigenvalue weighted by Gasteiger charge is -2.22. The van der Waals surface area contributed by atoms with Gasteiger partial charge in [0, 0.05) is 34.9 Å². The normalized spacial score (nSPS) is 12.6. The molecule has 0 bridgehead atoms. The van der Waals surface area contributed by atoms with Crippen LogP contribution >= 0.6 is 0 Å². The maximum atomic E-state index is 4.87. The first-order valence-corrected chi connectivity index (χ1v) is 16.1. The summed E-state index contributed by atoms with van der Waals surface area (Å²) in [6.45, 7) is 8.63. The molecule has 7 aromatic rings. The van der Waals surface area contributed by atoms with Gasteiger partial charge < -0.3 is 4.90 Å². The van der Waals surface area contributed by atoms with Gasteiger partial charge in [0.05, 0.1) is 28.8 Å². The zero-order valence-corrected chi connectivity index (χ0v) is 27.4. The summed E-state index contributed by atoms with van der Waals surface area (Å²) in [5.41, 5.74) is 11.6. The molecular formula is C43H38N4. The smallest absolute Gasteiger partial charge is 0.0748 e. The largest absolute Gasteiger partial charge is 0.336 e. The number of nitrogens with zero attached hydrogens (tertiary/aromatic N) is 4. The second-order valence-corrected chi connectivity index (χ2v) is 11.1. The van der Waals surface area contributed by atoms with E-state index in [1.54, 1.807) is 6.92 Å². The van der Waals surface area contributed by atoms with Crippen LogP contribution in [0.3, 0.4) is 0 Å². The lowest BCUT2D eigenvalue weighted by molar-refractivity contribution is 0.911. The van der Waals surface area contributed by atoms with E-state index in [9.17, 15) is 0 Å². The van der Waals surface area contributed by atoms with E-state index in [0.29, 0.717) is 0 Å². The summed E-state index contributed by atoms with van der Waals surface area (Å²) in [7, 11) is 0. The average Bonchev–Trinajstić information content (AvgIpc) is 3.73. The summed E-state index contributed by atoms with van der Waals surface area (Å²) in [4.78, 5) is 7.13. The number of benzene rings is 5. The molecule has 0 N–H and O–H groups in total. The molecule has 2 aromatic heterocycles. The molecule has 3 heterocycles. The third-order valence-corrected chi connectivity index (χ3v) is 8.38. The minimum absolute atomic E-state index is 0.751. The highest BCUT2D eigenvalue weighted by Gasteiger charge is 2.30. The van der Waals surface area contributed by atoms with Crippen LogP contribution in [0.15, 0.2) is 134 Å². The van der Waals surface area contributed by atoms with Crippen LogP contribution in [0.5, 0.6) is 0 Å². The van der Waals surface area contributed by atoms with Crippen LogP contribution in [0.4, 0.5) is 11.4 Å². The Morgan fingerprint density at radius 1 is 0.745 bits per heavy atom. The van der Waals surface area contributed by atoms with E-state index in [0.717, 1.165) is 40.1 Å². The quantitative estimate of drug-likeness (QED) is 0.186. The van der Waals surface area contributed by atoms with E-state index in [2.05, 4.69) is 133 Å². The third-order valence-electron chi connectivity index (χ3n) is 8.38. The SMILES string of the molecule is C#CC.CC.Cc1c(/C=C2\CN(c3ccccc3-c3ccccn3)c3ccc4c(cnn4-c4ccccc4)c32)ccc2ccccc12. The fraction of sp³-hybridized carbons (Fsp3) is 0.116. The van der Waals surface area contributed by atoms with E-state index in [1.165, 1.54) is 38.7 Å². The van der Waals surface area contributed by atoms with Crippen molar-refractivity contribution in [2.45, 2.75) is 27.7 Å². The van der Waals surface area contributed by atoms with E-state index in [1.807, 2.05) is 49.1 Å². The molecule has 0 amide bonds. The van der Waals surface area contributed by atoms with Crippen molar-refractivity contribution in [3.8, 4) is 29.3 Å². The second-order valence-electron chi connectivity index (χ2n) is 11.1. The highest BCUT2D eigenvalue weighted by molar-refractivity contribution is 6.08. The summed E-state index contributed by atoms with van der Waals surface area (Å²) >= 11 is 0. The van der Waals surface area contributed by atoms with Gasteiger partial charge in [-0.1, -0.05) is 92.7 Å². The molecule has 0 fully saturated rings. The number of pyridine rings is 1. The molecule has 0 aliphatic carbocycles. The number of anilines is 2. The van der Waals surface area contributed by atoms with Gasteiger partial charge in [-0.3, -0.25) is 4.98 Å². The van der Waals surface area contributed by atoms with Crippen molar-refractivity contribution in [3.05, 3.63) is 150 Å². The van der Waals surface area contributed by atoms with Gasteiger partial charge in [-0.25, -0.2) is 4.68 Å². The fourth-order valence-electron chi connectivity index (χ4n) is 6.33. The number of aromatic nitrogens is 3. The van der Waals surface area contributed by atoms with Gasteiger partial charge in [0.1, 0.15) is 0 Å². The number of terminal acetylenes is 1. The van der Waals surface area contributed by atoms with Crippen molar-refractivity contribution >= 4 is 44.7 Å². The maximum absolute atomic E-state index is 4.87. The van der Waals surface area contributed by atoms with Gasteiger partial charge in [-0.15, -0.1) is 12.3 Å². The standard InChI is InChI=1S/C38H28N4.C3H4.C2H6/c1-26-28(19-18-27-11-5-6-14-31(26)27)23-29-25-41(35-17-8-7-15-32(35)34-16-9-10-22-39-34)37-21-20-36-33(38(29)37)24-40-42(36)30-12-3-2-4-13-30;1-3-2;1-2/h2-24H,25H2,1H3;1H,2H3;1-2H3/b29-23+;;. The summed E-state index contributed by atoms with van der Waals surface area (Å²) in [6, 6.07) is 42.6. The molecule has 1 aliphatic rings. The number of rotatable bonds is 4.